The predicted molar refractivity (Wildman–Crippen MR) is 117 cm³/mol. The summed E-state index contributed by atoms with van der Waals surface area (Å²) in [6, 6.07) is 14.6. The van der Waals surface area contributed by atoms with Gasteiger partial charge in [-0.3, -0.25) is 14.2 Å². The van der Waals surface area contributed by atoms with Crippen LogP contribution >= 0.6 is 11.8 Å². The van der Waals surface area contributed by atoms with Gasteiger partial charge in [0.2, 0.25) is 5.91 Å². The highest BCUT2D eigenvalue weighted by atomic mass is 32.2. The molecule has 0 spiro atoms. The summed E-state index contributed by atoms with van der Waals surface area (Å²) in [7, 11) is 0. The smallest absolute Gasteiger partial charge is 0.266 e. The van der Waals surface area contributed by atoms with E-state index in [-0.39, 0.29) is 16.7 Å². The normalized spacial score (nSPS) is 12.0. The molecule has 0 saturated heterocycles. The maximum atomic E-state index is 13.3. The van der Waals surface area contributed by atoms with Gasteiger partial charge in [0.15, 0.2) is 5.16 Å². The van der Waals surface area contributed by atoms with Crippen molar-refractivity contribution in [2.24, 2.45) is 0 Å². The summed E-state index contributed by atoms with van der Waals surface area (Å²) >= 11 is 1.28. The molecule has 2 aromatic carbocycles. The second-order valence-electron chi connectivity index (χ2n) is 6.53. The Labute approximate surface area is 174 Å². The molecule has 1 N–H and O–H groups in total. The number of hydrogen-bond donors (Lipinski definition) is 1. The molecule has 1 atom stereocenters. The highest BCUT2D eigenvalue weighted by molar-refractivity contribution is 8.00. The third-order valence-electron chi connectivity index (χ3n) is 4.35. The minimum Gasteiger partial charge on any atom is -0.494 e. The van der Waals surface area contributed by atoms with Crippen molar-refractivity contribution < 1.29 is 9.53 Å². The van der Waals surface area contributed by atoms with Gasteiger partial charge in [0.1, 0.15) is 5.75 Å². The average Bonchev–Trinajstić information content (AvgIpc) is 2.73. The average molecular weight is 412 g/mol. The van der Waals surface area contributed by atoms with Gasteiger partial charge in [-0.1, -0.05) is 30.8 Å². The van der Waals surface area contributed by atoms with Crippen molar-refractivity contribution in [3.8, 4) is 11.4 Å². The molecule has 152 valence electrons. The Morgan fingerprint density at radius 2 is 1.90 bits per heavy atom. The standard InChI is InChI=1S/C22H25N3O3S/c1-4-14-23-20(26)15(3)29-22-24-19-9-7-6-8-18(19)21(27)25(22)16-10-12-17(13-11-16)28-5-2/h6-13,15H,4-5,14H2,1-3H3,(H,23,26)/t15-/m0/s1. The van der Waals surface area contributed by atoms with Gasteiger partial charge in [0.25, 0.3) is 5.56 Å². The van der Waals surface area contributed by atoms with Crippen LogP contribution in [0.5, 0.6) is 5.75 Å². The van der Waals surface area contributed by atoms with E-state index in [2.05, 4.69) is 10.3 Å². The molecule has 0 aliphatic rings. The van der Waals surface area contributed by atoms with Gasteiger partial charge in [-0.05, 0) is 56.7 Å². The van der Waals surface area contributed by atoms with Gasteiger partial charge >= 0.3 is 0 Å². The number of carbonyl (C=O) groups is 1. The minimum absolute atomic E-state index is 0.0718. The van der Waals surface area contributed by atoms with Crippen molar-refractivity contribution in [3.63, 3.8) is 0 Å². The van der Waals surface area contributed by atoms with Gasteiger partial charge in [-0.25, -0.2) is 4.98 Å². The Balaban J connectivity index is 2.06. The summed E-state index contributed by atoms with van der Waals surface area (Å²) < 4.78 is 7.06. The Kier molecular flexibility index (Phi) is 6.93. The first kappa shape index (κ1) is 20.9. The molecule has 0 radical (unpaired) electrons. The maximum absolute atomic E-state index is 13.3. The lowest BCUT2D eigenvalue weighted by Gasteiger charge is -2.16. The van der Waals surface area contributed by atoms with E-state index < -0.39 is 0 Å². The summed E-state index contributed by atoms with van der Waals surface area (Å²) in [5, 5.41) is 3.53. The zero-order valence-corrected chi connectivity index (χ0v) is 17.7. The zero-order chi connectivity index (χ0) is 20.8. The first-order chi connectivity index (χ1) is 14.0. The van der Waals surface area contributed by atoms with E-state index in [4.69, 9.17) is 4.74 Å². The SMILES string of the molecule is CCCNC(=O)[C@H](C)Sc1nc2ccccc2c(=O)n1-c1ccc(OCC)cc1. The van der Waals surface area contributed by atoms with Gasteiger partial charge in [-0.2, -0.15) is 0 Å². The van der Waals surface area contributed by atoms with Crippen LogP contribution in [0, 0.1) is 0 Å². The number of para-hydroxylation sites is 1. The van der Waals surface area contributed by atoms with Crippen LogP contribution in [0.25, 0.3) is 16.6 Å². The topological polar surface area (TPSA) is 73.2 Å². The molecule has 29 heavy (non-hydrogen) atoms. The van der Waals surface area contributed by atoms with Crippen molar-refractivity contribution in [1.82, 2.24) is 14.9 Å². The first-order valence-corrected chi connectivity index (χ1v) is 10.6. The molecule has 3 rings (SSSR count). The van der Waals surface area contributed by atoms with Crippen LogP contribution in [-0.2, 0) is 4.79 Å². The van der Waals surface area contributed by atoms with E-state index in [9.17, 15) is 9.59 Å². The molecule has 1 aromatic heterocycles. The second-order valence-corrected chi connectivity index (χ2v) is 7.84. The summed E-state index contributed by atoms with van der Waals surface area (Å²) in [5.74, 6) is 0.664. The Hall–Kier alpha value is -2.80. The molecule has 7 heteroatoms. The van der Waals surface area contributed by atoms with E-state index in [0.29, 0.717) is 34.9 Å². The zero-order valence-electron chi connectivity index (χ0n) is 16.8. The Morgan fingerprint density at radius 3 is 2.59 bits per heavy atom. The van der Waals surface area contributed by atoms with Gasteiger partial charge < -0.3 is 10.1 Å². The molecule has 1 heterocycles. The lowest BCUT2D eigenvalue weighted by molar-refractivity contribution is -0.120. The largest absolute Gasteiger partial charge is 0.494 e. The van der Waals surface area contributed by atoms with E-state index in [1.165, 1.54) is 11.8 Å². The Morgan fingerprint density at radius 1 is 1.17 bits per heavy atom. The highest BCUT2D eigenvalue weighted by Crippen LogP contribution is 2.26. The van der Waals surface area contributed by atoms with Crippen LogP contribution in [0.15, 0.2) is 58.5 Å². The molecule has 1 amide bonds. The lowest BCUT2D eigenvalue weighted by atomic mass is 10.2. The van der Waals surface area contributed by atoms with E-state index in [0.717, 1.165) is 12.2 Å². The second kappa shape index (κ2) is 9.60. The highest BCUT2D eigenvalue weighted by Gasteiger charge is 2.20. The van der Waals surface area contributed by atoms with E-state index in [1.54, 1.807) is 10.6 Å². The number of hydrogen-bond acceptors (Lipinski definition) is 5. The van der Waals surface area contributed by atoms with Crippen LogP contribution in [-0.4, -0.2) is 33.9 Å². The molecule has 0 unspecified atom stereocenters. The Bertz CT molecular complexity index is 1050. The molecule has 6 nitrogen and oxygen atoms in total. The summed E-state index contributed by atoms with van der Waals surface area (Å²) in [6.45, 7) is 6.94. The predicted octanol–water partition coefficient (Wildman–Crippen LogP) is 3.79. The van der Waals surface area contributed by atoms with Crippen molar-refractivity contribution >= 4 is 28.6 Å². The number of amides is 1. The molecule has 0 aliphatic carbocycles. The number of aromatic nitrogens is 2. The number of thioether (sulfide) groups is 1. The van der Waals surface area contributed by atoms with Crippen molar-refractivity contribution in [2.45, 2.75) is 37.6 Å². The van der Waals surface area contributed by atoms with Gasteiger partial charge in [-0.15, -0.1) is 0 Å². The van der Waals surface area contributed by atoms with Crippen LogP contribution in [0.1, 0.15) is 27.2 Å². The van der Waals surface area contributed by atoms with Crippen LogP contribution < -0.4 is 15.6 Å². The van der Waals surface area contributed by atoms with Crippen molar-refractivity contribution in [3.05, 3.63) is 58.9 Å². The molecule has 3 aromatic rings. The quantitative estimate of drug-likeness (QED) is 0.451. The fraction of sp³-hybridized carbons (Fsp3) is 0.318. The van der Waals surface area contributed by atoms with Crippen molar-refractivity contribution in [1.29, 1.82) is 0 Å². The van der Waals surface area contributed by atoms with E-state index >= 15 is 0 Å². The summed E-state index contributed by atoms with van der Waals surface area (Å²) in [4.78, 5) is 30.3. The maximum Gasteiger partial charge on any atom is 0.266 e. The van der Waals surface area contributed by atoms with Crippen LogP contribution in [0.2, 0.25) is 0 Å². The first-order valence-electron chi connectivity index (χ1n) is 9.74. The van der Waals surface area contributed by atoms with Gasteiger partial charge in [0.05, 0.1) is 28.4 Å². The van der Waals surface area contributed by atoms with Gasteiger partial charge in [0, 0.05) is 6.54 Å². The fourth-order valence-corrected chi connectivity index (χ4v) is 3.83. The molecule has 0 saturated carbocycles. The number of rotatable bonds is 8. The van der Waals surface area contributed by atoms with Crippen LogP contribution in [0.4, 0.5) is 0 Å². The van der Waals surface area contributed by atoms with Crippen molar-refractivity contribution in [2.75, 3.05) is 13.2 Å². The number of carbonyl (C=O) groups excluding carboxylic acids is 1. The fourth-order valence-electron chi connectivity index (χ4n) is 2.88. The number of fused-ring (bicyclic) bond motifs is 1. The molecule has 0 aliphatic heterocycles. The molecule has 0 fully saturated rings. The third kappa shape index (κ3) is 4.79. The minimum atomic E-state index is -0.386. The number of nitrogens with one attached hydrogen (secondary N) is 1. The third-order valence-corrected chi connectivity index (χ3v) is 5.40. The summed E-state index contributed by atoms with van der Waals surface area (Å²) in [6.07, 6.45) is 0.869. The number of nitrogens with zero attached hydrogens (tertiary/aromatic N) is 2. The van der Waals surface area contributed by atoms with Crippen LogP contribution in [0.3, 0.4) is 0 Å². The summed E-state index contributed by atoms with van der Waals surface area (Å²) in [5.41, 5.74) is 1.13. The van der Waals surface area contributed by atoms with E-state index in [1.807, 2.05) is 63.2 Å². The monoisotopic (exact) mass is 411 g/mol. The molecule has 0 bridgehead atoms. The molecular formula is C22H25N3O3S. The molecular weight excluding hydrogens is 386 g/mol. The lowest BCUT2D eigenvalue weighted by Crippen LogP contribution is -2.32. The number of benzene rings is 2. The number of ether oxygens (including phenoxy) is 1.